The summed E-state index contributed by atoms with van der Waals surface area (Å²) in [6.07, 6.45) is 2.09. The Labute approximate surface area is 163 Å². The number of amides is 1. The van der Waals surface area contributed by atoms with E-state index in [1.54, 1.807) is 4.68 Å². The van der Waals surface area contributed by atoms with Gasteiger partial charge in [0.05, 0.1) is 17.1 Å². The molecule has 0 bridgehead atoms. The number of rotatable bonds is 6. The number of nitrogens with one attached hydrogen (secondary N) is 1. The average molecular weight is 404 g/mol. The summed E-state index contributed by atoms with van der Waals surface area (Å²) in [4.78, 5) is 16.6. The Morgan fingerprint density at radius 2 is 1.86 bits per heavy atom. The zero-order valence-electron chi connectivity index (χ0n) is 14.5. The minimum atomic E-state index is -1.62. The highest BCUT2D eigenvalue weighted by Gasteiger charge is 2.30. The second-order valence-corrected chi connectivity index (χ2v) is 7.28. The molecule has 1 aromatic heterocycles. The summed E-state index contributed by atoms with van der Waals surface area (Å²) in [5.74, 6) is -3.83. The van der Waals surface area contributed by atoms with Gasteiger partial charge < -0.3 is 5.32 Å². The third-order valence-corrected chi connectivity index (χ3v) is 5.04. The number of carbonyl (C=O) groups excluding carboxylic acids is 1. The number of anilines is 1. The molecule has 5 nitrogen and oxygen atoms in total. The molecule has 1 aliphatic carbocycles. The summed E-state index contributed by atoms with van der Waals surface area (Å²) in [5, 5.41) is 7.12. The summed E-state index contributed by atoms with van der Waals surface area (Å²) >= 11 is 1.09. The lowest BCUT2D eigenvalue weighted by Crippen LogP contribution is -2.16. The monoisotopic (exact) mass is 404 g/mol. The lowest BCUT2D eigenvalue weighted by atomic mass is 10.3. The molecular formula is C19H15F3N4OS. The van der Waals surface area contributed by atoms with E-state index >= 15 is 0 Å². The van der Waals surface area contributed by atoms with Crippen molar-refractivity contribution in [1.29, 1.82) is 0 Å². The summed E-state index contributed by atoms with van der Waals surface area (Å²) in [6.45, 7) is 0. The number of carbonyl (C=O) groups is 1. The summed E-state index contributed by atoms with van der Waals surface area (Å²) in [7, 11) is 0. The van der Waals surface area contributed by atoms with Crippen LogP contribution < -0.4 is 5.32 Å². The Morgan fingerprint density at radius 3 is 2.57 bits per heavy atom. The first-order chi connectivity index (χ1) is 13.5. The molecule has 1 aliphatic rings. The first-order valence-corrected chi connectivity index (χ1v) is 9.60. The predicted molar refractivity (Wildman–Crippen MR) is 99.0 cm³/mol. The van der Waals surface area contributed by atoms with Crippen LogP contribution in [-0.4, -0.2) is 26.4 Å². The van der Waals surface area contributed by atoms with Crippen LogP contribution in [0.5, 0.6) is 0 Å². The van der Waals surface area contributed by atoms with E-state index in [0.717, 1.165) is 48.2 Å². The molecule has 3 aromatic rings. The quantitative estimate of drug-likeness (QED) is 0.492. The average Bonchev–Trinajstić information content (AvgIpc) is 3.47. The standard InChI is InChI=1S/C19H15F3N4OS/c20-13-8-9-14(17(22)16(13)21)23-15(27)10-28-19-24-18(11-6-7-11)26(25-19)12-4-2-1-3-5-12/h1-5,8-9,11H,6-7,10H2,(H,23,27). The van der Waals surface area contributed by atoms with Gasteiger partial charge in [-0.25, -0.2) is 22.8 Å². The molecule has 4 rings (SSSR count). The lowest BCUT2D eigenvalue weighted by molar-refractivity contribution is -0.113. The van der Waals surface area contributed by atoms with E-state index in [1.165, 1.54) is 0 Å². The molecular weight excluding hydrogens is 389 g/mol. The number of aromatic nitrogens is 3. The lowest BCUT2D eigenvalue weighted by Gasteiger charge is -2.06. The fourth-order valence-electron chi connectivity index (χ4n) is 2.67. The Hall–Kier alpha value is -2.81. The molecule has 1 amide bonds. The van der Waals surface area contributed by atoms with E-state index < -0.39 is 29.0 Å². The largest absolute Gasteiger partial charge is 0.323 e. The zero-order chi connectivity index (χ0) is 19.7. The number of benzene rings is 2. The number of para-hydroxylation sites is 1. The molecule has 0 aliphatic heterocycles. The molecule has 1 saturated carbocycles. The maximum absolute atomic E-state index is 13.7. The zero-order valence-corrected chi connectivity index (χ0v) is 15.3. The highest BCUT2D eigenvalue weighted by Crippen LogP contribution is 2.40. The first-order valence-electron chi connectivity index (χ1n) is 8.61. The second-order valence-electron chi connectivity index (χ2n) is 6.33. The smallest absolute Gasteiger partial charge is 0.234 e. The maximum atomic E-state index is 13.7. The first kappa shape index (κ1) is 18.5. The Bertz CT molecular complexity index is 1020. The van der Waals surface area contributed by atoms with Crippen LogP contribution in [0.15, 0.2) is 47.6 Å². The van der Waals surface area contributed by atoms with Crippen molar-refractivity contribution in [2.45, 2.75) is 23.9 Å². The molecule has 1 N–H and O–H groups in total. The summed E-state index contributed by atoms with van der Waals surface area (Å²) in [6, 6.07) is 11.3. The van der Waals surface area contributed by atoms with Crippen molar-refractivity contribution in [2.24, 2.45) is 0 Å². The van der Waals surface area contributed by atoms with E-state index in [4.69, 9.17) is 0 Å². The Kier molecular flexibility index (Phi) is 5.08. The summed E-state index contributed by atoms with van der Waals surface area (Å²) < 4.78 is 41.7. The van der Waals surface area contributed by atoms with E-state index in [0.29, 0.717) is 11.1 Å². The number of hydrogen-bond acceptors (Lipinski definition) is 4. The highest BCUT2D eigenvalue weighted by molar-refractivity contribution is 7.99. The van der Waals surface area contributed by atoms with Crippen LogP contribution in [0, 0.1) is 17.5 Å². The van der Waals surface area contributed by atoms with Crippen molar-refractivity contribution < 1.29 is 18.0 Å². The second kappa shape index (κ2) is 7.67. The summed E-state index contributed by atoms with van der Waals surface area (Å²) in [5.41, 5.74) is 0.475. The van der Waals surface area contributed by atoms with Crippen LogP contribution in [0.3, 0.4) is 0 Å². The van der Waals surface area contributed by atoms with Crippen molar-refractivity contribution >= 4 is 23.4 Å². The SMILES string of the molecule is O=C(CSc1nc(C2CC2)n(-c2ccccc2)n1)Nc1ccc(F)c(F)c1F. The van der Waals surface area contributed by atoms with Gasteiger partial charge in [0.25, 0.3) is 0 Å². The van der Waals surface area contributed by atoms with E-state index in [1.807, 2.05) is 30.3 Å². The molecule has 9 heteroatoms. The van der Waals surface area contributed by atoms with Gasteiger partial charge in [-0.05, 0) is 37.1 Å². The third-order valence-electron chi connectivity index (χ3n) is 4.20. The Morgan fingerprint density at radius 1 is 1.11 bits per heavy atom. The van der Waals surface area contributed by atoms with Crippen LogP contribution in [0.1, 0.15) is 24.6 Å². The van der Waals surface area contributed by atoms with Crippen LogP contribution in [0.2, 0.25) is 0 Å². The molecule has 1 fully saturated rings. The Balaban J connectivity index is 1.45. The highest BCUT2D eigenvalue weighted by atomic mass is 32.2. The van der Waals surface area contributed by atoms with Gasteiger partial charge in [0.1, 0.15) is 5.82 Å². The fraction of sp³-hybridized carbons (Fsp3) is 0.211. The molecule has 0 spiro atoms. The van der Waals surface area contributed by atoms with E-state index in [2.05, 4.69) is 15.4 Å². The van der Waals surface area contributed by atoms with E-state index in [-0.39, 0.29) is 5.75 Å². The van der Waals surface area contributed by atoms with Crippen molar-refractivity contribution in [2.75, 3.05) is 11.1 Å². The molecule has 0 radical (unpaired) electrons. The van der Waals surface area contributed by atoms with Gasteiger partial charge in [-0.3, -0.25) is 4.79 Å². The molecule has 0 unspecified atom stereocenters. The van der Waals surface area contributed by atoms with Crippen molar-refractivity contribution in [3.63, 3.8) is 0 Å². The fourth-order valence-corrected chi connectivity index (χ4v) is 3.30. The van der Waals surface area contributed by atoms with Crippen LogP contribution in [0.4, 0.5) is 18.9 Å². The molecule has 144 valence electrons. The number of halogens is 3. The number of nitrogens with zero attached hydrogens (tertiary/aromatic N) is 3. The van der Waals surface area contributed by atoms with Gasteiger partial charge in [-0.15, -0.1) is 5.10 Å². The van der Waals surface area contributed by atoms with Crippen LogP contribution >= 0.6 is 11.8 Å². The van der Waals surface area contributed by atoms with Gasteiger partial charge in [-0.1, -0.05) is 30.0 Å². The van der Waals surface area contributed by atoms with Crippen molar-refractivity contribution in [3.8, 4) is 5.69 Å². The number of hydrogen-bond donors (Lipinski definition) is 1. The molecule has 0 saturated heterocycles. The van der Waals surface area contributed by atoms with Crippen LogP contribution in [0.25, 0.3) is 5.69 Å². The molecule has 28 heavy (non-hydrogen) atoms. The molecule has 1 heterocycles. The van der Waals surface area contributed by atoms with E-state index in [9.17, 15) is 18.0 Å². The van der Waals surface area contributed by atoms with Gasteiger partial charge in [0.2, 0.25) is 11.1 Å². The van der Waals surface area contributed by atoms with Gasteiger partial charge in [0, 0.05) is 5.92 Å². The van der Waals surface area contributed by atoms with Crippen molar-refractivity contribution in [3.05, 3.63) is 65.7 Å². The molecule has 0 atom stereocenters. The topological polar surface area (TPSA) is 59.8 Å². The maximum Gasteiger partial charge on any atom is 0.234 e. The normalized spacial score (nSPS) is 13.5. The number of thioether (sulfide) groups is 1. The predicted octanol–water partition coefficient (Wildman–Crippen LogP) is 4.29. The minimum absolute atomic E-state index is 0.0959. The van der Waals surface area contributed by atoms with Gasteiger partial charge in [0.15, 0.2) is 17.5 Å². The van der Waals surface area contributed by atoms with Crippen LogP contribution in [-0.2, 0) is 4.79 Å². The van der Waals surface area contributed by atoms with Gasteiger partial charge in [-0.2, -0.15) is 0 Å². The molecule has 2 aromatic carbocycles. The van der Waals surface area contributed by atoms with Crippen molar-refractivity contribution in [1.82, 2.24) is 14.8 Å². The minimum Gasteiger partial charge on any atom is -0.323 e. The van der Waals surface area contributed by atoms with Gasteiger partial charge >= 0.3 is 0 Å². The third kappa shape index (κ3) is 3.89.